The molecule has 1 fully saturated rings. The van der Waals surface area contributed by atoms with Crippen molar-refractivity contribution in [2.45, 2.75) is 12.8 Å². The van der Waals surface area contributed by atoms with Crippen molar-refractivity contribution in [2.24, 2.45) is 5.92 Å². The number of nitrogens with zero attached hydrogens (tertiary/aromatic N) is 4. The Balaban J connectivity index is 2.00. The molecule has 0 amide bonds. The van der Waals surface area contributed by atoms with E-state index in [9.17, 15) is 4.39 Å². The van der Waals surface area contributed by atoms with Crippen LogP contribution in [-0.4, -0.2) is 23.1 Å². The van der Waals surface area contributed by atoms with Crippen LogP contribution in [0.15, 0.2) is 6.20 Å². The highest BCUT2D eigenvalue weighted by atomic mass is 35.5. The quantitative estimate of drug-likeness (QED) is 0.758. The molecule has 4 nitrogen and oxygen atoms in total. The molecule has 0 radical (unpaired) electrons. The fourth-order valence-corrected chi connectivity index (χ4v) is 3.48. The largest absolute Gasteiger partial charge is 0.347 e. The summed E-state index contributed by atoms with van der Waals surface area (Å²) in [6.45, 7) is 1.48. The van der Waals surface area contributed by atoms with Gasteiger partial charge in [0.15, 0.2) is 10.9 Å². The second-order valence-corrected chi connectivity index (χ2v) is 5.82. The van der Waals surface area contributed by atoms with E-state index in [1.54, 1.807) is 0 Å². The molecule has 19 heavy (non-hydrogen) atoms. The molecule has 1 unspecified atom stereocenters. The van der Waals surface area contributed by atoms with Crippen LogP contribution in [-0.2, 0) is 0 Å². The van der Waals surface area contributed by atoms with Gasteiger partial charge in [0, 0.05) is 13.1 Å². The van der Waals surface area contributed by atoms with Crippen LogP contribution in [0, 0.1) is 23.1 Å². The standard InChI is InChI=1S/C12H10ClFN4S/c13-11-10-9(8(14)5-16-11)17-12(19-10)18-3-1-2-7(4-15)6-18/h5,7H,1-3,6H2. The number of piperidine rings is 1. The minimum atomic E-state index is -0.462. The van der Waals surface area contributed by atoms with Crippen LogP contribution in [0.5, 0.6) is 0 Å². The summed E-state index contributed by atoms with van der Waals surface area (Å²) in [5.74, 6) is -0.449. The first-order chi connectivity index (χ1) is 9.19. The predicted octanol–water partition coefficient (Wildman–Crippen LogP) is 3.22. The number of fused-ring (bicyclic) bond motifs is 1. The number of nitriles is 1. The summed E-state index contributed by atoms with van der Waals surface area (Å²) in [6.07, 6.45) is 2.94. The van der Waals surface area contributed by atoms with Crippen LogP contribution in [0.25, 0.3) is 10.2 Å². The van der Waals surface area contributed by atoms with Crippen molar-refractivity contribution in [1.82, 2.24) is 9.97 Å². The van der Waals surface area contributed by atoms with E-state index in [2.05, 4.69) is 16.0 Å². The topological polar surface area (TPSA) is 52.8 Å². The lowest BCUT2D eigenvalue weighted by Gasteiger charge is -2.28. The first-order valence-electron chi connectivity index (χ1n) is 5.94. The van der Waals surface area contributed by atoms with Gasteiger partial charge in [-0.1, -0.05) is 22.9 Å². The fraction of sp³-hybridized carbons (Fsp3) is 0.417. The van der Waals surface area contributed by atoms with E-state index in [1.165, 1.54) is 11.3 Å². The summed E-state index contributed by atoms with van der Waals surface area (Å²) < 4.78 is 14.2. The van der Waals surface area contributed by atoms with Crippen LogP contribution in [0.3, 0.4) is 0 Å². The lowest BCUT2D eigenvalue weighted by atomic mass is 10.0. The minimum Gasteiger partial charge on any atom is -0.347 e. The zero-order valence-electron chi connectivity index (χ0n) is 9.94. The van der Waals surface area contributed by atoms with Crippen molar-refractivity contribution in [1.29, 1.82) is 5.26 Å². The highest BCUT2D eigenvalue weighted by Crippen LogP contribution is 2.35. The summed E-state index contributed by atoms with van der Waals surface area (Å²) in [5, 5.41) is 9.98. The number of halogens is 2. The van der Waals surface area contributed by atoms with Crippen molar-refractivity contribution >= 4 is 38.3 Å². The molecule has 1 atom stereocenters. The predicted molar refractivity (Wildman–Crippen MR) is 72.9 cm³/mol. The average Bonchev–Trinajstić information content (AvgIpc) is 2.89. The Kier molecular flexibility index (Phi) is 3.25. The molecule has 7 heteroatoms. The second kappa shape index (κ2) is 4.91. The molecular formula is C12H10ClFN4S. The van der Waals surface area contributed by atoms with E-state index in [1.807, 2.05) is 4.90 Å². The van der Waals surface area contributed by atoms with Gasteiger partial charge in [-0.25, -0.2) is 14.4 Å². The molecule has 1 saturated heterocycles. The molecule has 1 aliphatic heterocycles. The van der Waals surface area contributed by atoms with Gasteiger partial charge in [-0.3, -0.25) is 0 Å². The number of rotatable bonds is 1. The van der Waals surface area contributed by atoms with Crippen molar-refractivity contribution < 1.29 is 4.39 Å². The van der Waals surface area contributed by atoms with Crippen molar-refractivity contribution in [2.75, 3.05) is 18.0 Å². The molecule has 3 rings (SSSR count). The molecule has 0 aromatic carbocycles. The third-order valence-corrected chi connectivity index (χ3v) is 4.72. The maximum absolute atomic E-state index is 13.6. The summed E-state index contributed by atoms with van der Waals surface area (Å²) >= 11 is 7.29. The van der Waals surface area contributed by atoms with Crippen LogP contribution < -0.4 is 4.90 Å². The van der Waals surface area contributed by atoms with Gasteiger partial charge in [-0.2, -0.15) is 5.26 Å². The van der Waals surface area contributed by atoms with E-state index in [4.69, 9.17) is 16.9 Å². The van der Waals surface area contributed by atoms with Crippen LogP contribution in [0.2, 0.25) is 5.15 Å². The molecule has 98 valence electrons. The normalized spacial score (nSPS) is 19.6. The van der Waals surface area contributed by atoms with Gasteiger partial charge >= 0.3 is 0 Å². The number of thiazole rings is 1. The number of pyridine rings is 1. The van der Waals surface area contributed by atoms with Gasteiger partial charge in [0.1, 0.15) is 10.7 Å². The van der Waals surface area contributed by atoms with E-state index in [0.717, 1.165) is 25.6 Å². The Hall–Kier alpha value is -1.45. The van der Waals surface area contributed by atoms with Gasteiger partial charge in [-0.15, -0.1) is 0 Å². The molecule has 0 saturated carbocycles. The van der Waals surface area contributed by atoms with Gasteiger partial charge in [-0.05, 0) is 12.8 Å². The number of anilines is 1. The SMILES string of the molecule is N#CC1CCCN(c2nc3c(F)cnc(Cl)c3s2)C1. The van der Waals surface area contributed by atoms with Crippen LogP contribution in [0.4, 0.5) is 9.52 Å². The van der Waals surface area contributed by atoms with E-state index in [-0.39, 0.29) is 16.6 Å². The lowest BCUT2D eigenvalue weighted by Crippen LogP contribution is -2.34. The van der Waals surface area contributed by atoms with E-state index in [0.29, 0.717) is 16.4 Å². The maximum Gasteiger partial charge on any atom is 0.186 e. The smallest absolute Gasteiger partial charge is 0.186 e. The lowest BCUT2D eigenvalue weighted by molar-refractivity contribution is 0.493. The molecule has 3 heterocycles. The average molecular weight is 297 g/mol. The Morgan fingerprint density at radius 3 is 3.16 bits per heavy atom. The van der Waals surface area contributed by atoms with Crippen LogP contribution in [0.1, 0.15) is 12.8 Å². The van der Waals surface area contributed by atoms with Crippen molar-refractivity contribution in [3.05, 3.63) is 17.2 Å². The molecule has 0 bridgehead atoms. The van der Waals surface area contributed by atoms with Gasteiger partial charge in [0.05, 0.1) is 22.9 Å². The van der Waals surface area contributed by atoms with Crippen LogP contribution >= 0.6 is 22.9 Å². The third kappa shape index (κ3) is 2.24. The monoisotopic (exact) mass is 296 g/mol. The number of hydrogen-bond acceptors (Lipinski definition) is 5. The maximum atomic E-state index is 13.6. The number of hydrogen-bond donors (Lipinski definition) is 0. The summed E-state index contributed by atoms with van der Waals surface area (Å²) in [6, 6.07) is 2.28. The Morgan fingerprint density at radius 1 is 1.58 bits per heavy atom. The molecule has 0 spiro atoms. The molecular weight excluding hydrogens is 287 g/mol. The Morgan fingerprint density at radius 2 is 2.42 bits per heavy atom. The molecule has 2 aromatic heterocycles. The zero-order valence-corrected chi connectivity index (χ0v) is 11.5. The van der Waals surface area contributed by atoms with Crippen molar-refractivity contribution in [3.8, 4) is 6.07 Å². The van der Waals surface area contributed by atoms with E-state index < -0.39 is 5.82 Å². The Bertz CT molecular complexity index is 627. The van der Waals surface area contributed by atoms with Gasteiger partial charge < -0.3 is 4.90 Å². The highest BCUT2D eigenvalue weighted by molar-refractivity contribution is 7.22. The van der Waals surface area contributed by atoms with Gasteiger partial charge in [0.2, 0.25) is 0 Å². The highest BCUT2D eigenvalue weighted by Gasteiger charge is 2.23. The van der Waals surface area contributed by atoms with E-state index >= 15 is 0 Å². The minimum absolute atomic E-state index is 0.0132. The third-order valence-electron chi connectivity index (χ3n) is 3.20. The van der Waals surface area contributed by atoms with Gasteiger partial charge in [0.25, 0.3) is 0 Å². The second-order valence-electron chi connectivity index (χ2n) is 4.49. The zero-order chi connectivity index (χ0) is 13.4. The molecule has 0 N–H and O–H groups in total. The Labute approximate surface area is 118 Å². The molecule has 0 aliphatic carbocycles. The first-order valence-corrected chi connectivity index (χ1v) is 7.13. The fourth-order valence-electron chi connectivity index (χ4n) is 2.24. The van der Waals surface area contributed by atoms with Crippen molar-refractivity contribution in [3.63, 3.8) is 0 Å². The summed E-state index contributed by atoms with van der Waals surface area (Å²) in [7, 11) is 0. The molecule has 1 aliphatic rings. The first kappa shape index (κ1) is 12.6. The summed E-state index contributed by atoms with van der Waals surface area (Å²) in [4.78, 5) is 10.1. The summed E-state index contributed by atoms with van der Waals surface area (Å²) in [5.41, 5.74) is 0.263. The number of aromatic nitrogens is 2. The molecule has 2 aromatic rings.